The lowest BCUT2D eigenvalue weighted by Gasteiger charge is -2.37. The standard InChI is InChI=1S/C17H14ClNO2/c18-12-3-1-2-4-13(12)19-16(20)14-8-5-6-9(11-7-10(8)11)15(14)17(19)21/h1-6,8-11,14-15H,7H2/t8-,9+,10+,11-,14+,15-. The first kappa shape index (κ1) is 12.0. The molecule has 21 heavy (non-hydrogen) atoms. The number of anilines is 1. The van der Waals surface area contributed by atoms with Crippen LogP contribution in [0.5, 0.6) is 0 Å². The van der Waals surface area contributed by atoms with Gasteiger partial charge in [-0.3, -0.25) is 9.59 Å². The van der Waals surface area contributed by atoms with E-state index in [9.17, 15) is 9.59 Å². The molecular formula is C17H14ClNO2. The van der Waals surface area contributed by atoms with Gasteiger partial charge in [0.25, 0.3) is 0 Å². The van der Waals surface area contributed by atoms with E-state index < -0.39 is 0 Å². The third-order valence-electron chi connectivity index (χ3n) is 5.76. The monoisotopic (exact) mass is 299 g/mol. The molecule has 1 aliphatic heterocycles. The highest BCUT2D eigenvalue weighted by Crippen LogP contribution is 2.65. The molecule has 2 amide bonds. The van der Waals surface area contributed by atoms with Crippen LogP contribution in [0.2, 0.25) is 5.02 Å². The first-order valence-electron chi connectivity index (χ1n) is 7.49. The molecule has 1 heterocycles. The molecular weight excluding hydrogens is 286 g/mol. The number of nitrogens with zero attached hydrogens (tertiary/aromatic N) is 1. The summed E-state index contributed by atoms with van der Waals surface area (Å²) in [4.78, 5) is 27.1. The lowest BCUT2D eigenvalue weighted by atomic mass is 9.63. The van der Waals surface area contributed by atoms with Crippen molar-refractivity contribution in [2.75, 3.05) is 4.90 Å². The van der Waals surface area contributed by atoms with Crippen LogP contribution in [0, 0.1) is 35.5 Å². The van der Waals surface area contributed by atoms with Crippen LogP contribution in [0.25, 0.3) is 0 Å². The molecule has 2 bridgehead atoms. The Morgan fingerprint density at radius 1 is 0.952 bits per heavy atom. The van der Waals surface area contributed by atoms with Crippen molar-refractivity contribution in [3.05, 3.63) is 41.4 Å². The topological polar surface area (TPSA) is 37.4 Å². The fraction of sp³-hybridized carbons (Fsp3) is 0.412. The van der Waals surface area contributed by atoms with Gasteiger partial charge in [0.05, 0.1) is 22.5 Å². The molecule has 0 aromatic heterocycles. The van der Waals surface area contributed by atoms with Crippen LogP contribution in [-0.2, 0) is 9.59 Å². The SMILES string of the molecule is O=C1[C@@H]2[C@H]3C=C[C@H]([C@@H]4C[C@H]34)[C@@H]2C(=O)N1c1ccccc1Cl. The molecule has 1 aromatic rings. The number of hydrogen-bond donors (Lipinski definition) is 0. The van der Waals surface area contributed by atoms with Crippen LogP contribution in [0.4, 0.5) is 5.69 Å². The number of carbonyl (C=O) groups is 2. The lowest BCUT2D eigenvalue weighted by Crippen LogP contribution is -2.40. The molecule has 0 N–H and O–H groups in total. The maximum atomic E-state index is 12.9. The molecule has 3 nitrogen and oxygen atoms in total. The van der Waals surface area contributed by atoms with Gasteiger partial charge in [-0.05, 0) is 42.2 Å². The van der Waals surface area contributed by atoms with Crippen LogP contribution in [0.1, 0.15) is 6.42 Å². The van der Waals surface area contributed by atoms with Gasteiger partial charge in [0, 0.05) is 0 Å². The number of amides is 2. The number of hydrogen-bond acceptors (Lipinski definition) is 2. The Bertz CT molecular complexity index is 676. The van der Waals surface area contributed by atoms with Crippen molar-refractivity contribution in [3.8, 4) is 0 Å². The number of imide groups is 1. The predicted molar refractivity (Wildman–Crippen MR) is 78.6 cm³/mol. The maximum absolute atomic E-state index is 12.9. The molecule has 0 radical (unpaired) electrons. The largest absolute Gasteiger partial charge is 0.274 e. The van der Waals surface area contributed by atoms with Gasteiger partial charge >= 0.3 is 0 Å². The van der Waals surface area contributed by atoms with Gasteiger partial charge in [0.15, 0.2) is 0 Å². The summed E-state index contributed by atoms with van der Waals surface area (Å²) < 4.78 is 0. The molecule has 0 unspecified atom stereocenters. The van der Waals surface area contributed by atoms with Gasteiger partial charge in [-0.15, -0.1) is 0 Å². The zero-order chi connectivity index (χ0) is 14.3. The second kappa shape index (κ2) is 3.77. The van der Waals surface area contributed by atoms with E-state index in [4.69, 9.17) is 11.6 Å². The summed E-state index contributed by atoms with van der Waals surface area (Å²) in [6.45, 7) is 0. The zero-order valence-electron chi connectivity index (χ0n) is 11.3. The Balaban J connectivity index is 1.62. The van der Waals surface area contributed by atoms with Gasteiger partial charge in [0.2, 0.25) is 11.8 Å². The van der Waals surface area contributed by atoms with Crippen LogP contribution < -0.4 is 4.90 Å². The average molecular weight is 300 g/mol. The highest BCUT2D eigenvalue weighted by molar-refractivity contribution is 6.36. The molecule has 106 valence electrons. The summed E-state index contributed by atoms with van der Waals surface area (Å²) in [5.74, 6) is 1.35. The highest BCUT2D eigenvalue weighted by atomic mass is 35.5. The van der Waals surface area contributed by atoms with Gasteiger partial charge in [-0.2, -0.15) is 0 Å². The lowest BCUT2D eigenvalue weighted by molar-refractivity contribution is -0.124. The van der Waals surface area contributed by atoms with Crippen molar-refractivity contribution in [2.24, 2.45) is 35.5 Å². The molecule has 3 fully saturated rings. The number of para-hydroxylation sites is 1. The number of allylic oxidation sites excluding steroid dienone is 2. The maximum Gasteiger partial charge on any atom is 0.238 e. The second-order valence-electron chi connectivity index (χ2n) is 6.62. The van der Waals surface area contributed by atoms with Crippen molar-refractivity contribution in [3.63, 3.8) is 0 Å². The first-order chi connectivity index (χ1) is 10.2. The molecule has 6 rings (SSSR count). The molecule has 1 saturated heterocycles. The summed E-state index contributed by atoms with van der Waals surface area (Å²) in [5.41, 5.74) is 0.539. The minimum absolute atomic E-state index is 0.0530. The average Bonchev–Trinajstić information content (AvgIpc) is 3.26. The van der Waals surface area contributed by atoms with Crippen LogP contribution in [0.15, 0.2) is 36.4 Å². The fourth-order valence-corrected chi connectivity index (χ4v) is 5.05. The highest BCUT2D eigenvalue weighted by Gasteiger charge is 2.67. The molecule has 1 aromatic carbocycles. The number of rotatable bonds is 1. The molecule has 4 heteroatoms. The van der Waals surface area contributed by atoms with E-state index in [0.717, 1.165) is 0 Å². The van der Waals surface area contributed by atoms with Crippen molar-refractivity contribution in [1.82, 2.24) is 0 Å². The Labute approximate surface area is 127 Å². The van der Waals surface area contributed by atoms with Gasteiger partial charge in [-0.1, -0.05) is 35.9 Å². The summed E-state index contributed by atoms with van der Waals surface area (Å²) in [7, 11) is 0. The number of benzene rings is 1. The Hall–Kier alpha value is -1.61. The van der Waals surface area contributed by atoms with Gasteiger partial charge < -0.3 is 0 Å². The fourth-order valence-electron chi connectivity index (χ4n) is 4.83. The van der Waals surface area contributed by atoms with Crippen LogP contribution >= 0.6 is 11.6 Å². The third kappa shape index (κ3) is 1.35. The summed E-state index contributed by atoms with van der Waals surface area (Å²) >= 11 is 6.20. The Kier molecular flexibility index (Phi) is 2.15. The third-order valence-corrected chi connectivity index (χ3v) is 6.08. The van der Waals surface area contributed by atoms with E-state index >= 15 is 0 Å². The van der Waals surface area contributed by atoms with Crippen molar-refractivity contribution < 1.29 is 9.59 Å². The molecule has 5 aliphatic rings. The second-order valence-corrected chi connectivity index (χ2v) is 7.03. The first-order valence-corrected chi connectivity index (χ1v) is 7.87. The van der Waals surface area contributed by atoms with Crippen molar-refractivity contribution >= 4 is 29.1 Å². The normalized spacial score (nSPS) is 42.2. The van der Waals surface area contributed by atoms with E-state index in [2.05, 4.69) is 12.2 Å². The Morgan fingerprint density at radius 3 is 2.10 bits per heavy atom. The van der Waals surface area contributed by atoms with Crippen molar-refractivity contribution in [1.29, 1.82) is 0 Å². The summed E-state index contributed by atoms with van der Waals surface area (Å²) in [6.07, 6.45) is 5.55. The van der Waals surface area contributed by atoms with Crippen molar-refractivity contribution in [2.45, 2.75) is 6.42 Å². The number of carbonyl (C=O) groups excluding carboxylic acids is 2. The van der Waals surface area contributed by atoms with Gasteiger partial charge in [-0.25, -0.2) is 4.90 Å². The molecule has 4 aliphatic carbocycles. The molecule has 2 saturated carbocycles. The quantitative estimate of drug-likeness (QED) is 0.591. The van der Waals surface area contributed by atoms with E-state index in [1.165, 1.54) is 11.3 Å². The van der Waals surface area contributed by atoms with E-state index in [1.807, 2.05) is 12.1 Å². The van der Waals surface area contributed by atoms with E-state index in [-0.39, 0.29) is 35.5 Å². The minimum Gasteiger partial charge on any atom is -0.274 e. The minimum atomic E-state index is -0.160. The van der Waals surface area contributed by atoms with Gasteiger partial charge in [0.1, 0.15) is 0 Å². The number of halogens is 1. The van der Waals surface area contributed by atoms with E-state index in [0.29, 0.717) is 22.5 Å². The van der Waals surface area contributed by atoms with E-state index in [1.54, 1.807) is 12.1 Å². The summed E-state index contributed by atoms with van der Waals surface area (Å²) in [5, 5.41) is 0.461. The molecule has 0 spiro atoms. The zero-order valence-corrected chi connectivity index (χ0v) is 12.0. The van der Waals surface area contributed by atoms with Crippen LogP contribution in [-0.4, -0.2) is 11.8 Å². The smallest absolute Gasteiger partial charge is 0.238 e. The Morgan fingerprint density at radius 2 is 1.52 bits per heavy atom. The predicted octanol–water partition coefficient (Wildman–Crippen LogP) is 2.90. The summed E-state index contributed by atoms with van der Waals surface area (Å²) in [6, 6.07) is 7.10. The molecule has 6 atom stereocenters. The van der Waals surface area contributed by atoms with Crippen LogP contribution in [0.3, 0.4) is 0 Å².